The maximum atomic E-state index is 12.6. The van der Waals surface area contributed by atoms with E-state index in [4.69, 9.17) is 20.8 Å². The van der Waals surface area contributed by atoms with E-state index < -0.39 is 10.8 Å². The molecule has 0 fully saturated rings. The molecule has 0 radical (unpaired) electrons. The van der Waals surface area contributed by atoms with Crippen molar-refractivity contribution >= 4 is 44.9 Å². The largest absolute Gasteiger partial charge is 0.479 e. The molecule has 2 aromatic carbocycles. The Morgan fingerprint density at radius 1 is 1.26 bits per heavy atom. The standard InChI is InChI=1S/C23H18BrClN4O5/c1-14-6-8-20(19(10-14)29(31)32)33-13-16-7-9-21(34-16)23(30)26-22-17(24)12-28(27-22)11-15-4-2-3-5-18(15)25/h2-10,12H,11,13H2,1H3,(H,26,27,30). The number of nitrogens with zero attached hydrogens (tertiary/aromatic N) is 3. The summed E-state index contributed by atoms with van der Waals surface area (Å²) in [6, 6.07) is 15.2. The zero-order chi connectivity index (χ0) is 24.2. The number of carbonyl (C=O) groups excluding carboxylic acids is 1. The van der Waals surface area contributed by atoms with Crippen LogP contribution in [0.5, 0.6) is 5.75 Å². The third-order valence-electron chi connectivity index (χ3n) is 4.81. The number of anilines is 1. The maximum absolute atomic E-state index is 12.6. The van der Waals surface area contributed by atoms with E-state index in [1.807, 2.05) is 18.2 Å². The summed E-state index contributed by atoms with van der Waals surface area (Å²) in [4.78, 5) is 23.4. The van der Waals surface area contributed by atoms with E-state index in [1.165, 1.54) is 18.2 Å². The van der Waals surface area contributed by atoms with Crippen LogP contribution in [0.15, 0.2) is 69.7 Å². The van der Waals surface area contributed by atoms with Gasteiger partial charge in [0.05, 0.1) is 15.9 Å². The molecule has 0 aliphatic carbocycles. The third kappa shape index (κ3) is 5.46. The molecule has 174 valence electrons. The third-order valence-corrected chi connectivity index (χ3v) is 5.75. The van der Waals surface area contributed by atoms with Crippen molar-refractivity contribution in [2.24, 2.45) is 0 Å². The van der Waals surface area contributed by atoms with Crippen LogP contribution >= 0.6 is 27.5 Å². The predicted molar refractivity (Wildman–Crippen MR) is 129 cm³/mol. The minimum atomic E-state index is -0.508. The fourth-order valence-electron chi connectivity index (χ4n) is 3.15. The molecule has 0 unspecified atom stereocenters. The van der Waals surface area contributed by atoms with Crippen LogP contribution in [0.2, 0.25) is 5.02 Å². The Morgan fingerprint density at radius 3 is 2.82 bits per heavy atom. The molecule has 0 spiro atoms. The van der Waals surface area contributed by atoms with Crippen LogP contribution < -0.4 is 10.1 Å². The first-order valence-corrected chi connectivity index (χ1v) is 11.2. The number of nitro benzene ring substituents is 1. The number of furan rings is 1. The number of aryl methyl sites for hydroxylation is 1. The van der Waals surface area contributed by atoms with Crippen LogP contribution in [0.3, 0.4) is 0 Å². The van der Waals surface area contributed by atoms with Gasteiger partial charge in [0.25, 0.3) is 5.91 Å². The lowest BCUT2D eigenvalue weighted by Crippen LogP contribution is -2.12. The topological polar surface area (TPSA) is 112 Å². The van der Waals surface area contributed by atoms with E-state index in [2.05, 4.69) is 26.3 Å². The lowest BCUT2D eigenvalue weighted by Gasteiger charge is -2.06. The van der Waals surface area contributed by atoms with Crippen molar-refractivity contribution in [2.45, 2.75) is 20.1 Å². The van der Waals surface area contributed by atoms with Gasteiger partial charge in [-0.25, -0.2) is 0 Å². The van der Waals surface area contributed by atoms with E-state index in [-0.39, 0.29) is 23.8 Å². The number of nitrogens with one attached hydrogen (secondary N) is 1. The van der Waals surface area contributed by atoms with Gasteiger partial charge in [0.1, 0.15) is 12.4 Å². The number of rotatable bonds is 8. The number of aromatic nitrogens is 2. The van der Waals surface area contributed by atoms with Crippen LogP contribution in [0.4, 0.5) is 11.5 Å². The molecule has 0 saturated heterocycles. The van der Waals surface area contributed by atoms with Gasteiger partial charge in [-0.2, -0.15) is 5.10 Å². The average Bonchev–Trinajstić information content (AvgIpc) is 3.41. The smallest absolute Gasteiger partial charge is 0.311 e. The Balaban J connectivity index is 1.40. The van der Waals surface area contributed by atoms with E-state index >= 15 is 0 Å². The van der Waals surface area contributed by atoms with Crippen molar-refractivity contribution in [1.82, 2.24) is 9.78 Å². The van der Waals surface area contributed by atoms with Crippen molar-refractivity contribution < 1.29 is 18.9 Å². The second-order valence-electron chi connectivity index (χ2n) is 7.35. The summed E-state index contributed by atoms with van der Waals surface area (Å²) in [5.41, 5.74) is 1.50. The summed E-state index contributed by atoms with van der Waals surface area (Å²) in [5.74, 6) is 0.316. The Bertz CT molecular complexity index is 1370. The molecule has 2 aromatic heterocycles. The molecule has 0 saturated carbocycles. The van der Waals surface area contributed by atoms with E-state index in [1.54, 1.807) is 36.0 Å². The number of halogens is 2. The molecule has 34 heavy (non-hydrogen) atoms. The number of benzene rings is 2. The molecule has 0 atom stereocenters. The molecule has 9 nitrogen and oxygen atoms in total. The average molecular weight is 546 g/mol. The Hall–Kier alpha value is -3.63. The summed E-state index contributed by atoms with van der Waals surface area (Å²) in [6.45, 7) is 2.11. The lowest BCUT2D eigenvalue weighted by molar-refractivity contribution is -0.386. The zero-order valence-electron chi connectivity index (χ0n) is 17.8. The normalized spacial score (nSPS) is 10.8. The molecule has 1 N–H and O–H groups in total. The van der Waals surface area contributed by atoms with E-state index in [9.17, 15) is 14.9 Å². The molecule has 11 heteroatoms. The fraction of sp³-hybridized carbons (Fsp3) is 0.130. The fourth-order valence-corrected chi connectivity index (χ4v) is 3.76. The highest BCUT2D eigenvalue weighted by molar-refractivity contribution is 9.10. The number of nitro groups is 1. The molecule has 4 rings (SSSR count). The summed E-state index contributed by atoms with van der Waals surface area (Å²) >= 11 is 9.60. The number of ether oxygens (including phenoxy) is 1. The molecule has 1 amide bonds. The predicted octanol–water partition coefficient (Wildman–Crippen LogP) is 5.99. The zero-order valence-corrected chi connectivity index (χ0v) is 20.2. The maximum Gasteiger partial charge on any atom is 0.311 e. The summed E-state index contributed by atoms with van der Waals surface area (Å²) in [6.07, 6.45) is 1.73. The molecule has 4 aromatic rings. The molecule has 0 bridgehead atoms. The van der Waals surface area contributed by atoms with Gasteiger partial charge in [-0.15, -0.1) is 0 Å². The Labute approximate surface area is 207 Å². The van der Waals surface area contributed by atoms with Crippen LogP contribution in [-0.4, -0.2) is 20.6 Å². The van der Waals surface area contributed by atoms with Crippen molar-refractivity contribution in [3.8, 4) is 5.75 Å². The number of carbonyl (C=O) groups is 1. The van der Waals surface area contributed by atoms with Crippen molar-refractivity contribution in [3.05, 3.63) is 103 Å². The minimum Gasteiger partial charge on any atom is -0.479 e. The molecule has 2 heterocycles. The Morgan fingerprint density at radius 2 is 2.06 bits per heavy atom. The first kappa shape index (κ1) is 23.5. The molecule has 0 aliphatic rings. The SMILES string of the molecule is Cc1ccc(OCc2ccc(C(=O)Nc3nn(Cc4ccccc4Cl)cc3Br)o2)c([N+](=O)[O-])c1. The van der Waals surface area contributed by atoms with Gasteiger partial charge < -0.3 is 14.5 Å². The van der Waals surface area contributed by atoms with Crippen LogP contribution in [0.1, 0.15) is 27.4 Å². The van der Waals surface area contributed by atoms with Gasteiger partial charge in [-0.3, -0.25) is 19.6 Å². The monoisotopic (exact) mass is 544 g/mol. The highest BCUT2D eigenvalue weighted by atomic mass is 79.9. The highest BCUT2D eigenvalue weighted by Gasteiger charge is 2.18. The van der Waals surface area contributed by atoms with Crippen molar-refractivity contribution in [3.63, 3.8) is 0 Å². The van der Waals surface area contributed by atoms with E-state index in [0.717, 1.165) is 11.1 Å². The van der Waals surface area contributed by atoms with Crippen LogP contribution in [0, 0.1) is 17.0 Å². The second-order valence-corrected chi connectivity index (χ2v) is 8.61. The van der Waals surface area contributed by atoms with Gasteiger partial charge in [0, 0.05) is 17.3 Å². The first-order valence-electron chi connectivity index (χ1n) is 10.0. The van der Waals surface area contributed by atoms with Gasteiger partial charge in [-0.1, -0.05) is 35.9 Å². The molecular formula is C23H18BrClN4O5. The quantitative estimate of drug-likeness (QED) is 0.215. The number of hydrogen-bond donors (Lipinski definition) is 1. The molecule has 0 aliphatic heterocycles. The number of hydrogen-bond acceptors (Lipinski definition) is 6. The first-order chi connectivity index (χ1) is 16.3. The van der Waals surface area contributed by atoms with Gasteiger partial charge in [-0.05, 0) is 58.2 Å². The van der Waals surface area contributed by atoms with Crippen LogP contribution in [-0.2, 0) is 13.2 Å². The minimum absolute atomic E-state index is 0.0459. The summed E-state index contributed by atoms with van der Waals surface area (Å²) in [7, 11) is 0. The van der Waals surface area contributed by atoms with Crippen molar-refractivity contribution in [1.29, 1.82) is 0 Å². The summed E-state index contributed by atoms with van der Waals surface area (Å²) in [5, 5.41) is 18.9. The second kappa shape index (κ2) is 10.1. The summed E-state index contributed by atoms with van der Waals surface area (Å²) < 4.78 is 13.3. The highest BCUT2D eigenvalue weighted by Crippen LogP contribution is 2.29. The van der Waals surface area contributed by atoms with Crippen molar-refractivity contribution in [2.75, 3.05) is 5.32 Å². The molecular weight excluding hydrogens is 528 g/mol. The van der Waals surface area contributed by atoms with Gasteiger partial charge in [0.15, 0.2) is 17.3 Å². The van der Waals surface area contributed by atoms with E-state index in [0.29, 0.717) is 27.6 Å². The lowest BCUT2D eigenvalue weighted by atomic mass is 10.2. The Kier molecular flexibility index (Phi) is 6.99. The van der Waals surface area contributed by atoms with Crippen LogP contribution in [0.25, 0.3) is 0 Å². The van der Waals surface area contributed by atoms with Gasteiger partial charge in [0.2, 0.25) is 0 Å². The van der Waals surface area contributed by atoms with Gasteiger partial charge >= 0.3 is 5.69 Å². The number of amides is 1.